The quantitative estimate of drug-likeness (QED) is 0.743. The van der Waals surface area contributed by atoms with Gasteiger partial charge in [-0.05, 0) is 31.2 Å². The van der Waals surface area contributed by atoms with Gasteiger partial charge in [-0.15, -0.1) is 10.2 Å². The van der Waals surface area contributed by atoms with Gasteiger partial charge in [0.05, 0.1) is 17.7 Å². The van der Waals surface area contributed by atoms with Crippen LogP contribution < -0.4 is 4.74 Å². The van der Waals surface area contributed by atoms with Crippen LogP contribution in [0.3, 0.4) is 0 Å². The molecule has 7 heteroatoms. The van der Waals surface area contributed by atoms with Gasteiger partial charge in [0, 0.05) is 6.20 Å². The van der Waals surface area contributed by atoms with Crippen LogP contribution in [0.25, 0.3) is 16.6 Å². The zero-order valence-corrected chi connectivity index (χ0v) is 12.1. The predicted molar refractivity (Wildman–Crippen MR) is 77.8 cm³/mol. The number of rotatable bonds is 3. The van der Waals surface area contributed by atoms with Gasteiger partial charge in [0.15, 0.2) is 10.3 Å². The number of fused-ring (bicyclic) bond motifs is 1. The number of nitrogens with zero attached hydrogens (tertiary/aromatic N) is 4. The summed E-state index contributed by atoms with van der Waals surface area (Å²) in [6, 6.07) is 7.56. The van der Waals surface area contributed by atoms with Crippen molar-refractivity contribution in [2.24, 2.45) is 0 Å². The first-order chi connectivity index (χ1) is 9.69. The van der Waals surface area contributed by atoms with Gasteiger partial charge in [-0.1, -0.05) is 23.2 Å². The zero-order valence-electron chi connectivity index (χ0n) is 10.5. The summed E-state index contributed by atoms with van der Waals surface area (Å²) < 4.78 is 7.08. The lowest BCUT2D eigenvalue weighted by molar-refractivity contribution is 0.340. The fourth-order valence-corrected chi connectivity index (χ4v) is 2.21. The molecule has 0 aliphatic carbocycles. The summed E-state index contributed by atoms with van der Waals surface area (Å²) in [5.74, 6) is 0.812. The van der Waals surface area contributed by atoms with Gasteiger partial charge in [0.2, 0.25) is 0 Å². The van der Waals surface area contributed by atoms with Crippen molar-refractivity contribution in [1.29, 1.82) is 0 Å². The molecular formula is C13H10Cl2N4O. The zero-order chi connectivity index (χ0) is 14.1. The van der Waals surface area contributed by atoms with Crippen molar-refractivity contribution in [3.63, 3.8) is 0 Å². The summed E-state index contributed by atoms with van der Waals surface area (Å²) in [7, 11) is 0. The Bertz CT molecular complexity index is 716. The number of benzene rings is 1. The molecule has 0 bridgehead atoms. The fraction of sp³-hybridized carbons (Fsp3) is 0.154. The van der Waals surface area contributed by atoms with E-state index in [9.17, 15) is 0 Å². The first-order valence-electron chi connectivity index (χ1n) is 5.99. The summed E-state index contributed by atoms with van der Waals surface area (Å²) >= 11 is 12.0. The molecule has 0 fully saturated rings. The van der Waals surface area contributed by atoms with Crippen molar-refractivity contribution in [1.82, 2.24) is 20.0 Å². The van der Waals surface area contributed by atoms with E-state index < -0.39 is 0 Å². The predicted octanol–water partition coefficient (Wildman–Crippen LogP) is 3.52. The highest BCUT2D eigenvalue weighted by molar-refractivity contribution is 6.37. The molecule has 0 amide bonds. The van der Waals surface area contributed by atoms with Crippen molar-refractivity contribution in [3.05, 3.63) is 40.8 Å². The Labute approximate surface area is 125 Å². The molecule has 3 rings (SSSR count). The Morgan fingerprint density at radius 2 is 1.80 bits per heavy atom. The lowest BCUT2D eigenvalue weighted by Crippen LogP contribution is -1.95. The smallest absolute Gasteiger partial charge is 0.179 e. The highest BCUT2D eigenvalue weighted by atomic mass is 35.5. The SMILES string of the molecule is CCOc1ccc(-n2cc3c(Cl)nnc(Cl)c3n2)cc1. The van der Waals surface area contributed by atoms with Gasteiger partial charge in [0.1, 0.15) is 11.3 Å². The monoisotopic (exact) mass is 308 g/mol. The van der Waals surface area contributed by atoms with Crippen LogP contribution in [0.2, 0.25) is 10.3 Å². The third-order valence-electron chi connectivity index (χ3n) is 2.77. The van der Waals surface area contributed by atoms with E-state index in [-0.39, 0.29) is 10.3 Å². The number of hydrogen-bond acceptors (Lipinski definition) is 4. The minimum atomic E-state index is 0.231. The Morgan fingerprint density at radius 3 is 2.45 bits per heavy atom. The number of halogens is 2. The lowest BCUT2D eigenvalue weighted by Gasteiger charge is -2.04. The third kappa shape index (κ3) is 2.30. The average molecular weight is 309 g/mol. The maximum Gasteiger partial charge on any atom is 0.179 e. The van der Waals surface area contributed by atoms with Gasteiger partial charge >= 0.3 is 0 Å². The minimum absolute atomic E-state index is 0.231. The van der Waals surface area contributed by atoms with E-state index in [1.165, 1.54) is 0 Å². The molecule has 0 N–H and O–H groups in total. The van der Waals surface area contributed by atoms with E-state index in [0.29, 0.717) is 17.5 Å². The van der Waals surface area contributed by atoms with Crippen molar-refractivity contribution < 1.29 is 4.74 Å². The summed E-state index contributed by atoms with van der Waals surface area (Å²) in [5, 5.41) is 13.1. The summed E-state index contributed by atoms with van der Waals surface area (Å²) in [6.45, 7) is 2.58. The van der Waals surface area contributed by atoms with E-state index in [0.717, 1.165) is 11.4 Å². The van der Waals surface area contributed by atoms with Gasteiger partial charge in [-0.2, -0.15) is 5.10 Å². The van der Waals surface area contributed by atoms with Crippen molar-refractivity contribution >= 4 is 34.1 Å². The molecule has 0 atom stereocenters. The number of hydrogen-bond donors (Lipinski definition) is 0. The molecule has 0 aliphatic heterocycles. The molecule has 2 heterocycles. The largest absolute Gasteiger partial charge is 0.494 e. The van der Waals surface area contributed by atoms with E-state index in [1.807, 2.05) is 31.2 Å². The Kier molecular flexibility index (Phi) is 3.46. The number of aromatic nitrogens is 4. The van der Waals surface area contributed by atoms with Crippen molar-refractivity contribution in [2.45, 2.75) is 6.92 Å². The standard InChI is InChI=1S/C13H10Cl2N4O/c1-2-20-9-5-3-8(4-6-9)19-7-10-11(18-19)13(15)17-16-12(10)14/h3-7H,2H2,1H3. The normalized spacial score (nSPS) is 10.9. The van der Waals surface area contributed by atoms with Crippen LogP contribution in [0.1, 0.15) is 6.92 Å². The molecule has 5 nitrogen and oxygen atoms in total. The van der Waals surface area contributed by atoms with E-state index in [2.05, 4.69) is 15.3 Å². The minimum Gasteiger partial charge on any atom is -0.494 e. The Hall–Kier alpha value is -1.85. The molecule has 0 spiro atoms. The Morgan fingerprint density at radius 1 is 1.10 bits per heavy atom. The van der Waals surface area contributed by atoms with Crippen LogP contribution in [0, 0.1) is 0 Å². The number of ether oxygens (including phenoxy) is 1. The summed E-state index contributed by atoms with van der Waals surface area (Å²) in [5.41, 5.74) is 1.40. The maximum atomic E-state index is 5.99. The molecule has 102 valence electrons. The van der Waals surface area contributed by atoms with Crippen LogP contribution >= 0.6 is 23.2 Å². The Balaban J connectivity index is 2.06. The first-order valence-corrected chi connectivity index (χ1v) is 6.75. The van der Waals surface area contributed by atoms with Crippen molar-refractivity contribution in [3.8, 4) is 11.4 Å². The van der Waals surface area contributed by atoms with Crippen LogP contribution in [0.5, 0.6) is 5.75 Å². The third-order valence-corrected chi connectivity index (χ3v) is 3.30. The molecule has 0 saturated carbocycles. The second-order valence-electron chi connectivity index (χ2n) is 4.04. The van der Waals surface area contributed by atoms with Gasteiger partial charge in [0.25, 0.3) is 0 Å². The highest BCUT2D eigenvalue weighted by Gasteiger charge is 2.11. The van der Waals surface area contributed by atoms with Crippen LogP contribution in [-0.2, 0) is 0 Å². The molecule has 3 aromatic rings. The second kappa shape index (κ2) is 5.26. The molecule has 0 aliphatic rings. The molecule has 1 aromatic carbocycles. The van der Waals surface area contributed by atoms with Crippen molar-refractivity contribution in [2.75, 3.05) is 6.61 Å². The molecule has 0 unspecified atom stereocenters. The molecule has 0 radical (unpaired) electrons. The van der Waals surface area contributed by atoms with E-state index >= 15 is 0 Å². The highest BCUT2D eigenvalue weighted by Crippen LogP contribution is 2.26. The second-order valence-corrected chi connectivity index (χ2v) is 4.76. The van der Waals surface area contributed by atoms with Gasteiger partial charge in [-0.25, -0.2) is 4.68 Å². The topological polar surface area (TPSA) is 52.8 Å². The van der Waals surface area contributed by atoms with Gasteiger partial charge in [-0.3, -0.25) is 0 Å². The first kappa shape index (κ1) is 13.1. The van der Waals surface area contributed by atoms with Gasteiger partial charge < -0.3 is 4.74 Å². The molecular weight excluding hydrogens is 299 g/mol. The van der Waals surface area contributed by atoms with Crippen LogP contribution in [0.15, 0.2) is 30.5 Å². The summed E-state index contributed by atoms with van der Waals surface area (Å²) in [4.78, 5) is 0. The van der Waals surface area contributed by atoms with E-state index in [1.54, 1.807) is 10.9 Å². The fourth-order valence-electron chi connectivity index (χ4n) is 1.86. The van der Waals surface area contributed by atoms with E-state index in [4.69, 9.17) is 27.9 Å². The molecule has 0 saturated heterocycles. The summed E-state index contributed by atoms with van der Waals surface area (Å²) in [6.07, 6.45) is 1.77. The van der Waals surface area contributed by atoms with Crippen LogP contribution in [-0.4, -0.2) is 26.6 Å². The average Bonchev–Trinajstić information content (AvgIpc) is 2.91. The lowest BCUT2D eigenvalue weighted by atomic mass is 10.3. The molecule has 2 aromatic heterocycles. The molecule has 20 heavy (non-hydrogen) atoms. The van der Waals surface area contributed by atoms with Crippen LogP contribution in [0.4, 0.5) is 0 Å². The maximum absolute atomic E-state index is 5.99.